The molecule has 1 unspecified atom stereocenters. The Kier molecular flexibility index (Phi) is 4.75. The number of ether oxygens (including phenoxy) is 1. The van der Waals surface area contributed by atoms with Gasteiger partial charge in [0.25, 0.3) is 5.91 Å². The Morgan fingerprint density at radius 1 is 1.32 bits per heavy atom. The third-order valence-electron chi connectivity index (χ3n) is 5.44. The van der Waals surface area contributed by atoms with Gasteiger partial charge in [-0.1, -0.05) is 18.5 Å². The molecule has 1 aromatic rings. The van der Waals surface area contributed by atoms with Crippen molar-refractivity contribution in [1.82, 2.24) is 15.0 Å². The number of carbonyl (C=O) groups is 2. The van der Waals surface area contributed by atoms with Crippen LogP contribution in [0.4, 0.5) is 4.79 Å². The maximum absolute atomic E-state index is 12.7. The zero-order valence-corrected chi connectivity index (χ0v) is 15.5. The van der Waals surface area contributed by atoms with Crippen molar-refractivity contribution in [3.05, 3.63) is 17.0 Å². The summed E-state index contributed by atoms with van der Waals surface area (Å²) in [6.07, 6.45) is 3.14. The second-order valence-electron chi connectivity index (χ2n) is 7.31. The highest BCUT2D eigenvalue weighted by Crippen LogP contribution is 2.35. The van der Waals surface area contributed by atoms with Crippen LogP contribution in [0.25, 0.3) is 0 Å². The van der Waals surface area contributed by atoms with Gasteiger partial charge in [-0.05, 0) is 27.2 Å². The number of amides is 2. The summed E-state index contributed by atoms with van der Waals surface area (Å²) in [4.78, 5) is 28.6. The molecule has 138 valence electrons. The summed E-state index contributed by atoms with van der Waals surface area (Å²) in [5.74, 6) is 0.501. The van der Waals surface area contributed by atoms with E-state index in [2.05, 4.69) is 19.0 Å². The number of aromatic nitrogens is 1. The van der Waals surface area contributed by atoms with Crippen molar-refractivity contribution in [3.63, 3.8) is 0 Å². The van der Waals surface area contributed by atoms with E-state index in [9.17, 15) is 9.59 Å². The van der Waals surface area contributed by atoms with Crippen molar-refractivity contribution in [2.75, 3.05) is 19.6 Å². The monoisotopic (exact) mass is 349 g/mol. The molecule has 2 saturated heterocycles. The normalized spacial score (nSPS) is 20.9. The Morgan fingerprint density at radius 3 is 2.56 bits per heavy atom. The molecule has 0 radical (unpaired) electrons. The zero-order valence-electron chi connectivity index (χ0n) is 15.5. The minimum absolute atomic E-state index is 0.0494. The van der Waals surface area contributed by atoms with Gasteiger partial charge < -0.3 is 19.1 Å². The molecule has 0 bridgehead atoms. The van der Waals surface area contributed by atoms with Crippen LogP contribution in [0.2, 0.25) is 0 Å². The first-order valence-corrected chi connectivity index (χ1v) is 9.08. The predicted octanol–water partition coefficient (Wildman–Crippen LogP) is 2.91. The number of piperidine rings is 1. The number of nitrogens with zero attached hydrogens (tertiary/aromatic N) is 3. The summed E-state index contributed by atoms with van der Waals surface area (Å²) in [6.45, 7) is 9.50. The fraction of sp³-hybridized carbons (Fsp3) is 0.722. The summed E-state index contributed by atoms with van der Waals surface area (Å²) < 4.78 is 10.9. The van der Waals surface area contributed by atoms with E-state index >= 15 is 0 Å². The summed E-state index contributed by atoms with van der Waals surface area (Å²) in [6, 6.07) is 0.193. The van der Waals surface area contributed by atoms with Gasteiger partial charge in [-0.25, -0.2) is 4.79 Å². The van der Waals surface area contributed by atoms with Crippen LogP contribution in [0.1, 0.15) is 61.3 Å². The predicted molar refractivity (Wildman–Crippen MR) is 91.4 cm³/mol. The first-order chi connectivity index (χ1) is 11.9. The molecule has 3 heterocycles. The number of likely N-dealkylation sites (tertiary alicyclic amines) is 1. The van der Waals surface area contributed by atoms with Gasteiger partial charge in [0.1, 0.15) is 16.9 Å². The molecule has 0 saturated carbocycles. The van der Waals surface area contributed by atoms with Crippen LogP contribution in [0.5, 0.6) is 0 Å². The van der Waals surface area contributed by atoms with Crippen LogP contribution in [-0.2, 0) is 4.74 Å². The fourth-order valence-electron chi connectivity index (χ4n) is 3.88. The molecule has 1 spiro atoms. The average Bonchev–Trinajstić information content (AvgIpc) is 3.07. The number of rotatable bonds is 4. The van der Waals surface area contributed by atoms with E-state index in [0.717, 1.165) is 12.8 Å². The number of carbonyl (C=O) groups excluding carboxylic acids is 2. The van der Waals surface area contributed by atoms with Gasteiger partial charge in [0.05, 0.1) is 12.2 Å². The van der Waals surface area contributed by atoms with E-state index in [1.807, 2.05) is 9.80 Å². The third kappa shape index (κ3) is 3.24. The quantitative estimate of drug-likeness (QED) is 0.835. The molecule has 2 fully saturated rings. The largest absolute Gasteiger partial charge is 0.441 e. The zero-order chi connectivity index (χ0) is 18.2. The van der Waals surface area contributed by atoms with Crippen molar-refractivity contribution < 1.29 is 18.8 Å². The maximum atomic E-state index is 12.7. The van der Waals surface area contributed by atoms with E-state index in [0.29, 0.717) is 49.5 Å². The van der Waals surface area contributed by atoms with E-state index in [1.165, 1.54) is 0 Å². The minimum Gasteiger partial charge on any atom is -0.441 e. The molecule has 0 N–H and O–H groups in total. The van der Waals surface area contributed by atoms with Crippen LogP contribution < -0.4 is 0 Å². The maximum Gasteiger partial charge on any atom is 0.410 e. The molecule has 0 aliphatic carbocycles. The van der Waals surface area contributed by atoms with Crippen molar-refractivity contribution in [1.29, 1.82) is 0 Å². The minimum atomic E-state index is -0.450. The van der Waals surface area contributed by atoms with Crippen LogP contribution in [0.15, 0.2) is 4.52 Å². The Labute approximate surface area is 148 Å². The van der Waals surface area contributed by atoms with E-state index < -0.39 is 5.60 Å². The van der Waals surface area contributed by atoms with Gasteiger partial charge in [0.2, 0.25) is 0 Å². The van der Waals surface area contributed by atoms with E-state index in [1.54, 1.807) is 13.8 Å². The van der Waals surface area contributed by atoms with Gasteiger partial charge in [-0.3, -0.25) is 4.79 Å². The third-order valence-corrected chi connectivity index (χ3v) is 5.44. The Balaban J connectivity index is 1.64. The first-order valence-electron chi connectivity index (χ1n) is 9.08. The van der Waals surface area contributed by atoms with Crippen molar-refractivity contribution >= 4 is 12.0 Å². The Morgan fingerprint density at radius 2 is 2.00 bits per heavy atom. The SMILES string of the molecule is CCCC(C)N1CC2(CCN(C(=O)c3c(C)noc3C)CC2)OC1=O. The molecular formula is C18H27N3O4. The van der Waals surface area contributed by atoms with Crippen molar-refractivity contribution in [2.45, 2.75) is 65.0 Å². The number of hydrogen-bond acceptors (Lipinski definition) is 5. The summed E-state index contributed by atoms with van der Waals surface area (Å²) in [5, 5.41) is 3.86. The second kappa shape index (κ2) is 6.69. The smallest absolute Gasteiger partial charge is 0.410 e. The molecule has 25 heavy (non-hydrogen) atoms. The average molecular weight is 349 g/mol. The highest BCUT2D eigenvalue weighted by molar-refractivity contribution is 5.96. The van der Waals surface area contributed by atoms with Crippen LogP contribution in [0, 0.1) is 13.8 Å². The van der Waals surface area contributed by atoms with Gasteiger partial charge in [-0.2, -0.15) is 0 Å². The van der Waals surface area contributed by atoms with Crippen LogP contribution >= 0.6 is 0 Å². The van der Waals surface area contributed by atoms with Gasteiger partial charge in [0, 0.05) is 32.0 Å². The lowest BCUT2D eigenvalue weighted by atomic mass is 9.90. The van der Waals surface area contributed by atoms with Crippen LogP contribution in [-0.4, -0.2) is 58.2 Å². The van der Waals surface area contributed by atoms with E-state index in [4.69, 9.17) is 9.26 Å². The lowest BCUT2D eigenvalue weighted by molar-refractivity contribution is 0.00302. The molecule has 3 rings (SSSR count). The number of hydrogen-bond donors (Lipinski definition) is 0. The fourth-order valence-corrected chi connectivity index (χ4v) is 3.88. The Bertz CT molecular complexity index is 642. The second-order valence-corrected chi connectivity index (χ2v) is 7.31. The number of aryl methyl sites for hydroxylation is 2. The molecular weight excluding hydrogens is 322 g/mol. The van der Waals surface area contributed by atoms with Crippen LogP contribution in [0.3, 0.4) is 0 Å². The Hall–Kier alpha value is -2.05. The highest BCUT2D eigenvalue weighted by atomic mass is 16.6. The lowest BCUT2D eigenvalue weighted by Crippen LogP contribution is -2.49. The molecule has 1 aromatic heterocycles. The van der Waals surface area contributed by atoms with Gasteiger partial charge >= 0.3 is 6.09 Å². The lowest BCUT2D eigenvalue weighted by Gasteiger charge is -2.37. The molecule has 7 nitrogen and oxygen atoms in total. The molecule has 2 aliphatic heterocycles. The first kappa shape index (κ1) is 17.8. The molecule has 0 aromatic carbocycles. The van der Waals surface area contributed by atoms with Crippen molar-refractivity contribution in [2.24, 2.45) is 0 Å². The van der Waals surface area contributed by atoms with Gasteiger partial charge in [-0.15, -0.1) is 0 Å². The molecule has 2 aliphatic rings. The summed E-state index contributed by atoms with van der Waals surface area (Å²) in [5.41, 5.74) is 0.724. The molecule has 7 heteroatoms. The van der Waals surface area contributed by atoms with Crippen molar-refractivity contribution in [3.8, 4) is 0 Å². The standard InChI is InChI=1S/C18H27N3O4/c1-5-6-12(2)21-11-18(24-17(21)23)7-9-20(10-8-18)16(22)15-13(3)19-25-14(15)4/h12H,5-11H2,1-4H3. The molecule has 1 atom stereocenters. The topological polar surface area (TPSA) is 75.9 Å². The van der Waals surface area contributed by atoms with Gasteiger partial charge in [0.15, 0.2) is 0 Å². The highest BCUT2D eigenvalue weighted by Gasteiger charge is 2.48. The van der Waals surface area contributed by atoms with E-state index in [-0.39, 0.29) is 18.0 Å². The summed E-state index contributed by atoms with van der Waals surface area (Å²) in [7, 11) is 0. The summed E-state index contributed by atoms with van der Waals surface area (Å²) >= 11 is 0. The molecule has 2 amide bonds.